The van der Waals surface area contributed by atoms with Crippen LogP contribution in [0.25, 0.3) is 5.69 Å². The zero-order valence-corrected chi connectivity index (χ0v) is 23.4. The van der Waals surface area contributed by atoms with Gasteiger partial charge in [-0.05, 0) is 37.3 Å². The van der Waals surface area contributed by atoms with Gasteiger partial charge >= 0.3 is 5.56 Å². The Morgan fingerprint density at radius 2 is 1.84 bits per heavy atom. The van der Waals surface area contributed by atoms with Crippen molar-refractivity contribution in [2.24, 2.45) is 0 Å². The van der Waals surface area contributed by atoms with E-state index in [0.29, 0.717) is 11.4 Å². The smallest absolute Gasteiger partial charge is 0.325 e. The maximum Gasteiger partial charge on any atom is 0.335 e. The largest absolute Gasteiger partial charge is 0.335 e. The van der Waals surface area contributed by atoms with Crippen molar-refractivity contribution in [3.05, 3.63) is 56.4 Å². The molecular formula is C20H23Cl3N5O7S2+. The van der Waals surface area contributed by atoms with E-state index in [0.717, 1.165) is 29.3 Å². The molecule has 0 bridgehead atoms. The van der Waals surface area contributed by atoms with E-state index in [9.17, 15) is 31.3 Å². The van der Waals surface area contributed by atoms with Crippen molar-refractivity contribution in [3.8, 4) is 5.69 Å². The van der Waals surface area contributed by atoms with Crippen LogP contribution in [0.2, 0.25) is 10.0 Å². The van der Waals surface area contributed by atoms with Crippen LogP contribution < -0.4 is 21.7 Å². The van der Waals surface area contributed by atoms with Crippen molar-refractivity contribution in [1.82, 2.24) is 9.78 Å². The lowest BCUT2D eigenvalue weighted by molar-refractivity contribution is -0.540. The number of amides is 1. The minimum absolute atomic E-state index is 0.0130. The summed E-state index contributed by atoms with van der Waals surface area (Å²) in [6.45, 7) is 1.57. The fourth-order valence-electron chi connectivity index (χ4n) is 3.36. The van der Waals surface area contributed by atoms with Crippen LogP contribution in [0.1, 0.15) is 5.69 Å². The van der Waals surface area contributed by atoms with Crippen molar-refractivity contribution in [3.63, 3.8) is 0 Å². The average molecular weight is 616 g/mol. The number of nitrogen functional groups attached to an aromatic ring is 1. The van der Waals surface area contributed by atoms with Crippen LogP contribution in [0.15, 0.2) is 44.9 Å². The summed E-state index contributed by atoms with van der Waals surface area (Å²) in [5.41, 5.74) is 4.42. The SMILES string of the molecule is Cc1[nH]n(-c2cc(Cl)c(S(=O)(=O)O)cc2Cl)c(=O)c1[NH2+]Nc1cc(NC(=O)CCl)ccc1S(C)(C)(=O)O. The molecule has 202 valence electrons. The second-order valence-corrected chi connectivity index (χ2v) is 14.9. The molecule has 3 aromatic rings. The van der Waals surface area contributed by atoms with Gasteiger partial charge in [0.05, 0.1) is 26.3 Å². The van der Waals surface area contributed by atoms with Gasteiger partial charge in [-0.15, -0.1) is 11.6 Å². The number of aryl methyl sites for hydroxylation is 1. The van der Waals surface area contributed by atoms with E-state index in [-0.39, 0.29) is 37.9 Å². The third-order valence-corrected chi connectivity index (χ3v) is 8.50. The number of anilines is 2. The lowest BCUT2D eigenvalue weighted by Gasteiger charge is -2.35. The van der Waals surface area contributed by atoms with Gasteiger partial charge in [0.2, 0.25) is 11.6 Å². The summed E-state index contributed by atoms with van der Waals surface area (Å²) in [6.07, 6.45) is 2.32. The van der Waals surface area contributed by atoms with Gasteiger partial charge in [-0.25, -0.2) is 19.7 Å². The second kappa shape index (κ2) is 10.0. The number of nitrogens with zero attached hydrogens (tertiary/aromatic N) is 1. The average Bonchev–Trinajstić information content (AvgIpc) is 3.04. The Labute approximate surface area is 226 Å². The van der Waals surface area contributed by atoms with Crippen LogP contribution in [0.3, 0.4) is 0 Å². The number of hydrogen-bond donors (Lipinski definition) is 6. The van der Waals surface area contributed by atoms with E-state index >= 15 is 0 Å². The molecule has 1 amide bonds. The number of H-pyrrole nitrogens is 1. The number of carbonyl (C=O) groups is 1. The molecule has 2 aromatic carbocycles. The molecule has 1 heterocycles. The number of nitrogens with one attached hydrogen (secondary N) is 3. The number of rotatable bonds is 8. The van der Waals surface area contributed by atoms with E-state index in [1.807, 2.05) is 0 Å². The molecule has 0 aliphatic carbocycles. The number of benzene rings is 2. The number of aromatic nitrogens is 2. The molecule has 0 saturated heterocycles. The van der Waals surface area contributed by atoms with Crippen molar-refractivity contribution in [2.75, 3.05) is 29.1 Å². The van der Waals surface area contributed by atoms with Crippen molar-refractivity contribution in [1.29, 1.82) is 0 Å². The van der Waals surface area contributed by atoms with Crippen molar-refractivity contribution >= 4 is 77.2 Å². The highest BCUT2D eigenvalue weighted by Gasteiger charge is 2.25. The Morgan fingerprint density at radius 3 is 2.41 bits per heavy atom. The van der Waals surface area contributed by atoms with Gasteiger partial charge in [0.1, 0.15) is 16.5 Å². The summed E-state index contributed by atoms with van der Waals surface area (Å²) in [5, 5.41) is 4.78. The normalized spacial score (nSPS) is 13.1. The predicted molar refractivity (Wildman–Crippen MR) is 143 cm³/mol. The molecular weight excluding hydrogens is 593 g/mol. The Hall–Kier alpha value is -2.43. The summed E-state index contributed by atoms with van der Waals surface area (Å²) in [4.78, 5) is 24.3. The minimum Gasteiger partial charge on any atom is -0.325 e. The Balaban J connectivity index is 2.03. The maximum absolute atomic E-state index is 13.2. The monoisotopic (exact) mass is 614 g/mol. The van der Waals surface area contributed by atoms with E-state index in [2.05, 4.69) is 15.8 Å². The molecule has 0 unspecified atom stereocenters. The van der Waals surface area contributed by atoms with E-state index in [1.54, 1.807) is 6.92 Å². The first-order chi connectivity index (χ1) is 16.9. The van der Waals surface area contributed by atoms with Gasteiger partial charge in [0.25, 0.3) is 10.1 Å². The van der Waals surface area contributed by atoms with Crippen LogP contribution in [0.4, 0.5) is 17.1 Å². The Kier molecular flexibility index (Phi) is 7.90. The summed E-state index contributed by atoms with van der Waals surface area (Å²) >= 11 is 17.7. The summed E-state index contributed by atoms with van der Waals surface area (Å²) in [6, 6.07) is 6.24. The van der Waals surface area contributed by atoms with Gasteiger partial charge in [-0.2, -0.15) is 17.8 Å². The highest BCUT2D eigenvalue weighted by Crippen LogP contribution is 2.34. The summed E-state index contributed by atoms with van der Waals surface area (Å²) in [5.74, 6) is -0.781. The van der Waals surface area contributed by atoms with Crippen LogP contribution >= 0.6 is 34.8 Å². The van der Waals surface area contributed by atoms with Crippen LogP contribution in [-0.2, 0) is 24.3 Å². The zero-order valence-electron chi connectivity index (χ0n) is 19.5. The molecule has 17 heteroatoms. The topological polar surface area (TPSA) is 187 Å². The zero-order chi connectivity index (χ0) is 27.9. The third-order valence-electron chi connectivity index (χ3n) is 5.02. The molecule has 0 radical (unpaired) electrons. The number of quaternary nitrogens is 1. The van der Waals surface area contributed by atoms with Crippen molar-refractivity contribution < 1.29 is 32.0 Å². The highest BCUT2D eigenvalue weighted by molar-refractivity contribution is 8.14. The first-order valence-corrected chi connectivity index (χ1v) is 15.6. The lowest BCUT2D eigenvalue weighted by atomic mass is 10.2. The van der Waals surface area contributed by atoms with E-state index in [4.69, 9.17) is 34.8 Å². The molecule has 1 aromatic heterocycles. The van der Waals surface area contributed by atoms with E-state index < -0.39 is 35.8 Å². The number of carbonyl (C=O) groups excluding carboxylic acids is 1. The standard InChI is InChI=1S/C20H22Cl3N5O7S2/c1-10-19(20(30)28(27-10)15-7-13(23)16(8-12(15)22)36(31,32)33)26-25-14-6-11(24-18(29)9-21)4-5-17(14)37(2,3,34)35/h4-8,25-27H,9H2,1-3H3,(H,24,29)(H,34,35)(H,31,32,33)/p+1. The first-order valence-electron chi connectivity index (χ1n) is 10.1. The number of aromatic amines is 1. The third kappa shape index (κ3) is 6.53. The first kappa shape index (κ1) is 29.1. The number of halogens is 3. The van der Waals surface area contributed by atoms with Gasteiger partial charge < -0.3 is 5.32 Å². The Morgan fingerprint density at radius 1 is 1.19 bits per heavy atom. The highest BCUT2D eigenvalue weighted by atomic mass is 35.5. The molecule has 0 aliphatic rings. The minimum atomic E-state index is -4.65. The fourth-order valence-corrected chi connectivity index (χ4v) is 5.96. The Bertz CT molecular complexity index is 1630. The van der Waals surface area contributed by atoms with Crippen molar-refractivity contribution in [2.45, 2.75) is 16.7 Å². The number of hydrogen-bond acceptors (Lipinski definition) is 6. The predicted octanol–water partition coefficient (Wildman–Crippen LogP) is 2.34. The maximum atomic E-state index is 13.2. The molecule has 0 aliphatic heterocycles. The summed E-state index contributed by atoms with van der Waals surface area (Å²) in [7, 11) is -8.92. The quantitative estimate of drug-likeness (QED) is 0.0964. The van der Waals surface area contributed by atoms with Gasteiger partial charge in [-0.1, -0.05) is 23.2 Å². The molecule has 0 atom stereocenters. The molecule has 0 spiro atoms. The molecule has 12 nitrogen and oxygen atoms in total. The summed E-state index contributed by atoms with van der Waals surface area (Å²) < 4.78 is 56.8. The fraction of sp³-hybridized carbons (Fsp3) is 0.200. The second-order valence-electron chi connectivity index (χ2n) is 8.45. The lowest BCUT2D eigenvalue weighted by Crippen LogP contribution is -2.84. The van der Waals surface area contributed by atoms with Crippen LogP contribution in [-0.4, -0.2) is 55.8 Å². The number of alkyl halides is 1. The van der Waals surface area contributed by atoms with Gasteiger partial charge in [-0.3, -0.25) is 23.8 Å². The number of nitrogens with two attached hydrogens (primary N) is 1. The van der Waals surface area contributed by atoms with Gasteiger partial charge in [0.15, 0.2) is 0 Å². The molecule has 0 saturated carbocycles. The van der Waals surface area contributed by atoms with Crippen LogP contribution in [0, 0.1) is 6.92 Å². The molecule has 7 N–H and O–H groups in total. The molecule has 0 fully saturated rings. The molecule has 37 heavy (non-hydrogen) atoms. The van der Waals surface area contributed by atoms with Crippen LogP contribution in [0.5, 0.6) is 0 Å². The van der Waals surface area contributed by atoms with Gasteiger partial charge in [0, 0.05) is 18.2 Å². The molecule has 3 rings (SSSR count). The van der Waals surface area contributed by atoms with E-state index in [1.165, 1.54) is 23.6 Å².